The number of nitrogens with two attached hydrogens (primary N) is 1. The monoisotopic (exact) mass is 323 g/mol. The first kappa shape index (κ1) is 15.6. The SMILES string of the molecule is NC1(C(=O)N2CCN(CCOc3ccc(Cl)cc3)CC2)CC1. The first-order valence-electron chi connectivity index (χ1n) is 7.76. The predicted molar refractivity (Wildman–Crippen MR) is 86.1 cm³/mol. The molecule has 1 aromatic rings. The fourth-order valence-corrected chi connectivity index (χ4v) is 2.79. The Morgan fingerprint density at radius 3 is 2.41 bits per heavy atom. The molecule has 0 radical (unpaired) electrons. The molecule has 1 saturated heterocycles. The Kier molecular flexibility index (Phi) is 4.57. The molecule has 120 valence electrons. The maximum absolute atomic E-state index is 12.2. The predicted octanol–water partition coefficient (Wildman–Crippen LogP) is 1.35. The molecule has 3 rings (SSSR count). The number of carbonyl (C=O) groups excluding carboxylic acids is 1. The summed E-state index contributed by atoms with van der Waals surface area (Å²) in [4.78, 5) is 16.4. The van der Waals surface area contributed by atoms with Gasteiger partial charge in [-0.05, 0) is 37.1 Å². The van der Waals surface area contributed by atoms with E-state index in [0.29, 0.717) is 11.6 Å². The molecule has 6 heteroatoms. The molecule has 0 bridgehead atoms. The second-order valence-electron chi connectivity index (χ2n) is 6.09. The van der Waals surface area contributed by atoms with Crippen molar-refractivity contribution in [2.75, 3.05) is 39.3 Å². The number of halogens is 1. The number of hydrogen-bond acceptors (Lipinski definition) is 4. The average Bonchev–Trinajstić information content (AvgIpc) is 3.28. The van der Waals surface area contributed by atoms with Crippen molar-refractivity contribution in [1.82, 2.24) is 9.80 Å². The van der Waals surface area contributed by atoms with Crippen LogP contribution in [-0.4, -0.2) is 60.6 Å². The number of hydrogen-bond donors (Lipinski definition) is 1. The van der Waals surface area contributed by atoms with Gasteiger partial charge in [-0.15, -0.1) is 0 Å². The molecule has 1 saturated carbocycles. The van der Waals surface area contributed by atoms with E-state index in [0.717, 1.165) is 51.3 Å². The Morgan fingerprint density at radius 2 is 1.82 bits per heavy atom. The summed E-state index contributed by atoms with van der Waals surface area (Å²) in [6, 6.07) is 7.38. The highest BCUT2D eigenvalue weighted by atomic mass is 35.5. The Bertz CT molecular complexity index is 523. The van der Waals surface area contributed by atoms with Crippen LogP contribution in [-0.2, 0) is 4.79 Å². The van der Waals surface area contributed by atoms with Crippen molar-refractivity contribution in [2.24, 2.45) is 5.73 Å². The van der Waals surface area contributed by atoms with Gasteiger partial charge in [-0.3, -0.25) is 9.69 Å². The van der Waals surface area contributed by atoms with Crippen molar-refractivity contribution in [3.63, 3.8) is 0 Å². The van der Waals surface area contributed by atoms with Crippen molar-refractivity contribution >= 4 is 17.5 Å². The highest BCUT2D eigenvalue weighted by Crippen LogP contribution is 2.34. The van der Waals surface area contributed by atoms with Crippen LogP contribution in [0.1, 0.15) is 12.8 Å². The minimum atomic E-state index is -0.542. The molecule has 2 aliphatic rings. The van der Waals surface area contributed by atoms with E-state index in [-0.39, 0.29) is 5.91 Å². The van der Waals surface area contributed by atoms with Crippen LogP contribution in [0, 0.1) is 0 Å². The molecular formula is C16H22ClN3O2. The van der Waals surface area contributed by atoms with Crippen molar-refractivity contribution in [3.8, 4) is 5.75 Å². The Balaban J connectivity index is 1.37. The molecule has 22 heavy (non-hydrogen) atoms. The normalized spacial score (nSPS) is 20.7. The summed E-state index contributed by atoms with van der Waals surface area (Å²) in [6.07, 6.45) is 1.67. The number of nitrogens with zero attached hydrogens (tertiary/aromatic N) is 2. The summed E-state index contributed by atoms with van der Waals surface area (Å²) < 4.78 is 5.70. The molecule has 1 aliphatic carbocycles. The third-order valence-electron chi connectivity index (χ3n) is 4.36. The fourth-order valence-electron chi connectivity index (χ4n) is 2.66. The number of ether oxygens (including phenoxy) is 1. The summed E-state index contributed by atoms with van der Waals surface area (Å²) in [7, 11) is 0. The molecule has 2 fully saturated rings. The number of amides is 1. The molecule has 1 heterocycles. The Morgan fingerprint density at radius 1 is 1.18 bits per heavy atom. The molecule has 1 amide bonds. The minimum absolute atomic E-state index is 0.129. The van der Waals surface area contributed by atoms with Gasteiger partial charge < -0.3 is 15.4 Å². The first-order valence-corrected chi connectivity index (χ1v) is 8.14. The lowest BCUT2D eigenvalue weighted by Gasteiger charge is -2.35. The fraction of sp³-hybridized carbons (Fsp3) is 0.562. The highest BCUT2D eigenvalue weighted by molar-refractivity contribution is 6.30. The van der Waals surface area contributed by atoms with E-state index in [9.17, 15) is 4.79 Å². The summed E-state index contributed by atoms with van der Waals surface area (Å²) in [5.41, 5.74) is 5.43. The second-order valence-corrected chi connectivity index (χ2v) is 6.53. The van der Waals surface area contributed by atoms with Gasteiger partial charge in [-0.25, -0.2) is 0 Å². The highest BCUT2D eigenvalue weighted by Gasteiger charge is 2.48. The lowest BCUT2D eigenvalue weighted by Crippen LogP contribution is -2.54. The van der Waals surface area contributed by atoms with Gasteiger partial charge in [0.15, 0.2) is 0 Å². The lowest BCUT2D eigenvalue weighted by atomic mass is 10.2. The minimum Gasteiger partial charge on any atom is -0.492 e. The lowest BCUT2D eigenvalue weighted by molar-refractivity contribution is -0.135. The van der Waals surface area contributed by atoms with Gasteiger partial charge in [-0.2, -0.15) is 0 Å². The molecular weight excluding hydrogens is 302 g/mol. The van der Waals surface area contributed by atoms with E-state index < -0.39 is 5.54 Å². The van der Waals surface area contributed by atoms with Crippen LogP contribution in [0.3, 0.4) is 0 Å². The summed E-state index contributed by atoms with van der Waals surface area (Å²) in [5.74, 6) is 0.960. The van der Waals surface area contributed by atoms with E-state index in [1.54, 1.807) is 0 Å². The molecule has 0 aromatic heterocycles. The Hall–Kier alpha value is -1.30. The zero-order chi connectivity index (χ0) is 15.6. The maximum atomic E-state index is 12.2. The number of benzene rings is 1. The van der Waals surface area contributed by atoms with Gasteiger partial charge in [0.1, 0.15) is 12.4 Å². The number of carbonyl (C=O) groups is 1. The van der Waals surface area contributed by atoms with Crippen LogP contribution in [0.15, 0.2) is 24.3 Å². The van der Waals surface area contributed by atoms with Gasteiger partial charge in [0.05, 0.1) is 5.54 Å². The largest absolute Gasteiger partial charge is 0.492 e. The van der Waals surface area contributed by atoms with E-state index in [2.05, 4.69) is 4.90 Å². The van der Waals surface area contributed by atoms with Crippen LogP contribution in [0.4, 0.5) is 0 Å². The molecule has 1 aromatic carbocycles. The van der Waals surface area contributed by atoms with Crippen LogP contribution in [0.2, 0.25) is 5.02 Å². The molecule has 0 spiro atoms. The molecule has 0 unspecified atom stereocenters. The van der Waals surface area contributed by atoms with Crippen LogP contribution in [0.5, 0.6) is 5.75 Å². The van der Waals surface area contributed by atoms with E-state index in [4.69, 9.17) is 22.1 Å². The van der Waals surface area contributed by atoms with Crippen LogP contribution in [0.25, 0.3) is 0 Å². The first-order chi connectivity index (χ1) is 10.6. The van der Waals surface area contributed by atoms with Crippen LogP contribution < -0.4 is 10.5 Å². The molecule has 0 atom stereocenters. The van der Waals surface area contributed by atoms with Gasteiger partial charge in [0.2, 0.25) is 5.91 Å². The van der Waals surface area contributed by atoms with Crippen molar-refractivity contribution in [2.45, 2.75) is 18.4 Å². The summed E-state index contributed by atoms with van der Waals surface area (Å²) in [6.45, 7) is 4.78. The molecule has 2 N–H and O–H groups in total. The maximum Gasteiger partial charge on any atom is 0.242 e. The van der Waals surface area contributed by atoms with E-state index >= 15 is 0 Å². The number of piperazine rings is 1. The smallest absolute Gasteiger partial charge is 0.242 e. The zero-order valence-electron chi connectivity index (χ0n) is 12.6. The second kappa shape index (κ2) is 6.44. The quantitative estimate of drug-likeness (QED) is 0.889. The summed E-state index contributed by atoms with van der Waals surface area (Å²) >= 11 is 5.84. The van der Waals surface area contributed by atoms with Crippen molar-refractivity contribution in [1.29, 1.82) is 0 Å². The summed E-state index contributed by atoms with van der Waals surface area (Å²) in [5, 5.41) is 0.710. The Labute approximate surface area is 136 Å². The molecule has 5 nitrogen and oxygen atoms in total. The molecule has 1 aliphatic heterocycles. The number of rotatable bonds is 5. The van der Waals surface area contributed by atoms with Crippen LogP contribution >= 0.6 is 11.6 Å². The third kappa shape index (κ3) is 3.72. The van der Waals surface area contributed by atoms with Crippen molar-refractivity contribution in [3.05, 3.63) is 29.3 Å². The van der Waals surface area contributed by atoms with Gasteiger partial charge in [0, 0.05) is 37.7 Å². The zero-order valence-corrected chi connectivity index (χ0v) is 13.4. The van der Waals surface area contributed by atoms with Gasteiger partial charge >= 0.3 is 0 Å². The van der Waals surface area contributed by atoms with Gasteiger partial charge in [0.25, 0.3) is 0 Å². The van der Waals surface area contributed by atoms with Gasteiger partial charge in [-0.1, -0.05) is 11.6 Å². The van der Waals surface area contributed by atoms with E-state index in [1.165, 1.54) is 0 Å². The van der Waals surface area contributed by atoms with Crippen molar-refractivity contribution < 1.29 is 9.53 Å². The topological polar surface area (TPSA) is 58.8 Å². The third-order valence-corrected chi connectivity index (χ3v) is 4.62. The standard InChI is InChI=1S/C16H22ClN3O2/c17-13-1-3-14(4-2-13)22-12-11-19-7-9-20(10-8-19)15(21)16(18)5-6-16/h1-4H,5-12,18H2. The average molecular weight is 324 g/mol. The van der Waals surface area contributed by atoms with E-state index in [1.807, 2.05) is 29.2 Å².